The van der Waals surface area contributed by atoms with E-state index in [1.54, 1.807) is 0 Å². The van der Waals surface area contributed by atoms with Crippen LogP contribution in [0.4, 0.5) is 0 Å². The normalized spacial score (nSPS) is 27.5. The van der Waals surface area contributed by atoms with Gasteiger partial charge in [-0.05, 0) is 32.6 Å². The molecule has 0 radical (unpaired) electrons. The molecule has 1 aliphatic rings. The maximum Gasteiger partial charge on any atom is 0.113 e. The highest BCUT2D eigenvalue weighted by Crippen LogP contribution is 2.20. The van der Waals surface area contributed by atoms with Gasteiger partial charge < -0.3 is 9.84 Å². The van der Waals surface area contributed by atoms with E-state index in [0.29, 0.717) is 12.0 Å². The molecule has 1 fully saturated rings. The predicted octanol–water partition coefficient (Wildman–Crippen LogP) is 1.29. The fourth-order valence-electron chi connectivity index (χ4n) is 1.89. The van der Waals surface area contributed by atoms with Gasteiger partial charge in [0.1, 0.15) is 5.72 Å². The minimum atomic E-state index is -0.209. The summed E-state index contributed by atoms with van der Waals surface area (Å²) in [6.07, 6.45) is 3.68. The molecule has 0 aromatic carbocycles. The average molecular weight is 199 g/mol. The fourth-order valence-corrected chi connectivity index (χ4v) is 1.89. The monoisotopic (exact) mass is 199 g/mol. The van der Waals surface area contributed by atoms with Crippen LogP contribution in [0.5, 0.6) is 0 Å². The highest BCUT2D eigenvalue weighted by molar-refractivity contribution is 4.85. The molecule has 2 atom stereocenters. The highest BCUT2D eigenvalue weighted by atomic mass is 16.5. The van der Waals surface area contributed by atoms with Crippen molar-refractivity contribution in [1.29, 1.82) is 0 Å². The summed E-state index contributed by atoms with van der Waals surface area (Å²) in [5.41, 5.74) is -0.209. The summed E-state index contributed by atoms with van der Waals surface area (Å²) >= 11 is 0. The number of ether oxygens (including phenoxy) is 1. The van der Waals surface area contributed by atoms with Crippen LogP contribution in [0.2, 0.25) is 0 Å². The molecule has 1 saturated heterocycles. The van der Waals surface area contributed by atoms with Crippen LogP contribution in [0.15, 0.2) is 12.7 Å². The first-order valence-electron chi connectivity index (χ1n) is 5.21. The zero-order valence-electron chi connectivity index (χ0n) is 9.12. The second-order valence-corrected chi connectivity index (χ2v) is 4.47. The third kappa shape index (κ3) is 3.40. The fraction of sp³-hybridized carbons (Fsp3) is 0.818. The van der Waals surface area contributed by atoms with Crippen LogP contribution in [0.3, 0.4) is 0 Å². The molecule has 82 valence electrons. The Labute approximate surface area is 86.2 Å². The van der Waals surface area contributed by atoms with Gasteiger partial charge in [0.15, 0.2) is 0 Å². The lowest BCUT2D eigenvalue weighted by atomic mass is 9.98. The zero-order chi connectivity index (χ0) is 10.6. The Kier molecular flexibility index (Phi) is 4.11. The Hall–Kier alpha value is -0.380. The Morgan fingerprint density at radius 3 is 2.86 bits per heavy atom. The smallest absolute Gasteiger partial charge is 0.113 e. The largest absolute Gasteiger partial charge is 0.396 e. The van der Waals surface area contributed by atoms with Crippen LogP contribution < -0.4 is 5.32 Å². The van der Waals surface area contributed by atoms with Gasteiger partial charge in [-0.1, -0.05) is 6.08 Å². The first kappa shape index (κ1) is 11.7. The second-order valence-electron chi connectivity index (χ2n) is 4.47. The van der Waals surface area contributed by atoms with E-state index in [4.69, 9.17) is 9.84 Å². The highest BCUT2D eigenvalue weighted by Gasteiger charge is 2.31. The van der Waals surface area contributed by atoms with Gasteiger partial charge in [-0.15, -0.1) is 6.58 Å². The van der Waals surface area contributed by atoms with Gasteiger partial charge in [-0.3, -0.25) is 5.32 Å². The van der Waals surface area contributed by atoms with E-state index in [0.717, 1.165) is 19.4 Å². The van der Waals surface area contributed by atoms with E-state index >= 15 is 0 Å². The maximum absolute atomic E-state index is 9.13. The molecule has 3 nitrogen and oxygen atoms in total. The topological polar surface area (TPSA) is 41.5 Å². The minimum absolute atomic E-state index is 0.209. The van der Waals surface area contributed by atoms with Crippen molar-refractivity contribution < 1.29 is 9.84 Å². The molecule has 1 aliphatic heterocycles. The van der Waals surface area contributed by atoms with Crippen molar-refractivity contribution in [1.82, 2.24) is 5.32 Å². The molecule has 0 amide bonds. The molecule has 0 saturated carbocycles. The number of rotatable bonds is 5. The molecule has 2 N–H and O–H groups in total. The molecule has 0 bridgehead atoms. The Morgan fingerprint density at radius 1 is 1.71 bits per heavy atom. The van der Waals surface area contributed by atoms with Gasteiger partial charge >= 0.3 is 0 Å². The Morgan fingerprint density at radius 2 is 2.43 bits per heavy atom. The van der Waals surface area contributed by atoms with Crippen LogP contribution in [-0.4, -0.2) is 30.1 Å². The van der Waals surface area contributed by atoms with Gasteiger partial charge in [0.05, 0.1) is 6.61 Å². The van der Waals surface area contributed by atoms with Crippen LogP contribution in [0.25, 0.3) is 0 Å². The SMILES string of the molecule is C=CC[C@@H](CO)C[C@H]1COC(C)(C)N1. The van der Waals surface area contributed by atoms with E-state index in [-0.39, 0.29) is 12.3 Å². The van der Waals surface area contributed by atoms with E-state index in [1.807, 2.05) is 19.9 Å². The van der Waals surface area contributed by atoms with Gasteiger partial charge in [-0.25, -0.2) is 0 Å². The summed E-state index contributed by atoms with van der Waals surface area (Å²) in [6.45, 7) is 8.70. The summed E-state index contributed by atoms with van der Waals surface area (Å²) in [5.74, 6) is 0.308. The summed E-state index contributed by atoms with van der Waals surface area (Å²) in [5, 5.41) is 12.5. The van der Waals surface area contributed by atoms with Crippen LogP contribution >= 0.6 is 0 Å². The number of aliphatic hydroxyl groups excluding tert-OH is 1. The van der Waals surface area contributed by atoms with E-state index < -0.39 is 0 Å². The molecule has 0 unspecified atom stereocenters. The predicted molar refractivity (Wildman–Crippen MR) is 57.0 cm³/mol. The summed E-state index contributed by atoms with van der Waals surface area (Å²) < 4.78 is 5.56. The number of hydrogen-bond donors (Lipinski definition) is 2. The Bertz CT molecular complexity index is 192. The lowest BCUT2D eigenvalue weighted by Crippen LogP contribution is -2.39. The van der Waals surface area contributed by atoms with E-state index in [2.05, 4.69) is 11.9 Å². The van der Waals surface area contributed by atoms with Gasteiger partial charge in [-0.2, -0.15) is 0 Å². The molecule has 0 aromatic rings. The van der Waals surface area contributed by atoms with Crippen molar-refractivity contribution in [3.63, 3.8) is 0 Å². The van der Waals surface area contributed by atoms with Gasteiger partial charge in [0.2, 0.25) is 0 Å². The number of allylic oxidation sites excluding steroid dienone is 1. The van der Waals surface area contributed by atoms with E-state index in [9.17, 15) is 0 Å². The third-order valence-corrected chi connectivity index (χ3v) is 2.57. The molecular weight excluding hydrogens is 178 g/mol. The minimum Gasteiger partial charge on any atom is -0.396 e. The van der Waals surface area contributed by atoms with Crippen molar-refractivity contribution in [3.05, 3.63) is 12.7 Å². The summed E-state index contributed by atoms with van der Waals surface area (Å²) in [4.78, 5) is 0. The first-order valence-corrected chi connectivity index (χ1v) is 5.21. The first-order chi connectivity index (χ1) is 6.57. The zero-order valence-corrected chi connectivity index (χ0v) is 9.12. The van der Waals surface area contributed by atoms with Crippen molar-refractivity contribution >= 4 is 0 Å². The third-order valence-electron chi connectivity index (χ3n) is 2.57. The quantitative estimate of drug-likeness (QED) is 0.655. The lowest BCUT2D eigenvalue weighted by Gasteiger charge is -2.20. The van der Waals surface area contributed by atoms with Crippen LogP contribution in [0, 0.1) is 5.92 Å². The van der Waals surface area contributed by atoms with Gasteiger partial charge in [0, 0.05) is 12.6 Å². The van der Waals surface area contributed by atoms with Gasteiger partial charge in [0.25, 0.3) is 0 Å². The van der Waals surface area contributed by atoms with Crippen LogP contribution in [0.1, 0.15) is 26.7 Å². The van der Waals surface area contributed by atoms with Crippen molar-refractivity contribution in [2.45, 2.75) is 38.5 Å². The standard InChI is InChI=1S/C11H21NO2/c1-4-5-9(7-13)6-10-8-14-11(2,3)12-10/h4,9-10,12-13H,1,5-8H2,2-3H3/t9-,10+/m1/s1. The Balaban J connectivity index is 2.33. The molecule has 0 aliphatic carbocycles. The molecular formula is C11H21NO2. The van der Waals surface area contributed by atoms with Crippen LogP contribution in [-0.2, 0) is 4.74 Å². The summed E-state index contributed by atoms with van der Waals surface area (Å²) in [7, 11) is 0. The number of hydrogen-bond acceptors (Lipinski definition) is 3. The van der Waals surface area contributed by atoms with Crippen molar-refractivity contribution in [2.24, 2.45) is 5.92 Å². The van der Waals surface area contributed by atoms with Crippen molar-refractivity contribution in [2.75, 3.05) is 13.2 Å². The van der Waals surface area contributed by atoms with Crippen molar-refractivity contribution in [3.8, 4) is 0 Å². The summed E-state index contributed by atoms with van der Waals surface area (Å²) in [6, 6.07) is 0.363. The molecule has 1 rings (SSSR count). The molecule has 0 aromatic heterocycles. The second kappa shape index (κ2) is 4.91. The number of nitrogens with one attached hydrogen (secondary N) is 1. The molecule has 0 spiro atoms. The lowest BCUT2D eigenvalue weighted by molar-refractivity contribution is 0.0230. The maximum atomic E-state index is 9.13. The molecule has 1 heterocycles. The number of aliphatic hydroxyl groups is 1. The molecule has 14 heavy (non-hydrogen) atoms. The molecule has 3 heteroatoms. The average Bonchev–Trinajstić information content (AvgIpc) is 2.45. The van der Waals surface area contributed by atoms with E-state index in [1.165, 1.54) is 0 Å².